The number of nitrogens with zero attached hydrogens (tertiary/aromatic N) is 1. The molecule has 1 N–H and O–H groups in total. The molecule has 0 saturated carbocycles. The molecule has 0 saturated heterocycles. The number of carbonyl (C=O) groups excluding carboxylic acids is 2. The molecular formula is C29H24N2O3. The number of hydrogen-bond acceptors (Lipinski definition) is 4. The van der Waals surface area contributed by atoms with Crippen molar-refractivity contribution in [3.8, 4) is 5.75 Å². The Bertz CT molecular complexity index is 1410. The number of ether oxygens (including phenoxy) is 1. The van der Waals surface area contributed by atoms with Gasteiger partial charge in [0.25, 0.3) is 11.8 Å². The highest BCUT2D eigenvalue weighted by Crippen LogP contribution is 2.35. The van der Waals surface area contributed by atoms with Gasteiger partial charge in [0, 0.05) is 11.1 Å². The Morgan fingerprint density at radius 1 is 0.794 bits per heavy atom. The number of amides is 2. The van der Waals surface area contributed by atoms with E-state index in [0.717, 1.165) is 28.4 Å². The molecule has 0 aromatic heterocycles. The summed E-state index contributed by atoms with van der Waals surface area (Å²) in [4.78, 5) is 28.6. The molecule has 0 aliphatic carbocycles. The normalized spacial score (nSPS) is 13.6. The van der Waals surface area contributed by atoms with Crippen LogP contribution in [0.25, 0.3) is 16.3 Å². The number of aryl methyl sites for hydroxylation is 1. The van der Waals surface area contributed by atoms with Gasteiger partial charge in [0.1, 0.15) is 11.4 Å². The summed E-state index contributed by atoms with van der Waals surface area (Å²) in [5.41, 5.74) is 3.69. The van der Waals surface area contributed by atoms with Crippen LogP contribution in [0.4, 0.5) is 11.4 Å². The molecule has 5 nitrogen and oxygen atoms in total. The van der Waals surface area contributed by atoms with Crippen molar-refractivity contribution in [3.63, 3.8) is 0 Å². The topological polar surface area (TPSA) is 58.6 Å². The van der Waals surface area contributed by atoms with E-state index in [0.29, 0.717) is 22.6 Å². The van der Waals surface area contributed by atoms with E-state index >= 15 is 0 Å². The second kappa shape index (κ2) is 8.87. The smallest absolute Gasteiger partial charge is 0.282 e. The molecule has 0 radical (unpaired) electrons. The van der Waals surface area contributed by atoms with Crippen molar-refractivity contribution >= 4 is 39.5 Å². The summed E-state index contributed by atoms with van der Waals surface area (Å²) in [6, 6.07) is 28.5. The first kappa shape index (κ1) is 21.5. The van der Waals surface area contributed by atoms with E-state index in [1.54, 1.807) is 31.4 Å². The Hall–Kier alpha value is -4.38. The van der Waals surface area contributed by atoms with Crippen molar-refractivity contribution in [2.45, 2.75) is 13.3 Å². The van der Waals surface area contributed by atoms with Gasteiger partial charge in [-0.2, -0.15) is 0 Å². The predicted molar refractivity (Wildman–Crippen MR) is 136 cm³/mol. The Kier molecular flexibility index (Phi) is 5.60. The van der Waals surface area contributed by atoms with Gasteiger partial charge in [-0.05, 0) is 53.3 Å². The number of benzene rings is 4. The molecule has 1 aliphatic heterocycles. The zero-order valence-electron chi connectivity index (χ0n) is 19.0. The molecule has 5 rings (SSSR count). The first-order valence-corrected chi connectivity index (χ1v) is 11.2. The first-order chi connectivity index (χ1) is 16.6. The van der Waals surface area contributed by atoms with E-state index in [1.165, 1.54) is 4.90 Å². The third-order valence-corrected chi connectivity index (χ3v) is 6.11. The van der Waals surface area contributed by atoms with E-state index in [9.17, 15) is 9.59 Å². The van der Waals surface area contributed by atoms with Gasteiger partial charge >= 0.3 is 0 Å². The van der Waals surface area contributed by atoms with Crippen LogP contribution in [0.3, 0.4) is 0 Å². The van der Waals surface area contributed by atoms with Crippen LogP contribution < -0.4 is 15.0 Å². The summed E-state index contributed by atoms with van der Waals surface area (Å²) in [5, 5.41) is 5.31. The predicted octanol–water partition coefficient (Wildman–Crippen LogP) is 5.81. The Balaban J connectivity index is 1.63. The summed E-state index contributed by atoms with van der Waals surface area (Å²) in [6.45, 7) is 2.07. The van der Waals surface area contributed by atoms with Gasteiger partial charge in [-0.25, -0.2) is 4.90 Å². The van der Waals surface area contributed by atoms with E-state index in [4.69, 9.17) is 4.74 Å². The molecule has 0 atom stereocenters. The molecule has 5 heteroatoms. The minimum atomic E-state index is -0.381. The van der Waals surface area contributed by atoms with Gasteiger partial charge in [-0.3, -0.25) is 9.59 Å². The number of nitrogens with one attached hydrogen (secondary N) is 1. The number of fused-ring (bicyclic) bond motifs is 1. The maximum Gasteiger partial charge on any atom is 0.282 e. The Labute approximate surface area is 198 Å². The summed E-state index contributed by atoms with van der Waals surface area (Å²) >= 11 is 0. The van der Waals surface area contributed by atoms with Crippen LogP contribution in [0.1, 0.15) is 18.1 Å². The molecule has 0 unspecified atom stereocenters. The van der Waals surface area contributed by atoms with E-state index in [-0.39, 0.29) is 17.5 Å². The van der Waals surface area contributed by atoms with Crippen LogP contribution in [-0.4, -0.2) is 18.9 Å². The summed E-state index contributed by atoms with van der Waals surface area (Å²) in [5.74, 6) is -0.0631. The summed E-state index contributed by atoms with van der Waals surface area (Å²) < 4.78 is 5.27. The fourth-order valence-corrected chi connectivity index (χ4v) is 4.26. The third kappa shape index (κ3) is 3.71. The molecule has 34 heavy (non-hydrogen) atoms. The maximum absolute atomic E-state index is 13.7. The molecule has 0 spiro atoms. The van der Waals surface area contributed by atoms with Gasteiger partial charge < -0.3 is 10.1 Å². The van der Waals surface area contributed by atoms with Gasteiger partial charge in [0.15, 0.2) is 0 Å². The number of anilines is 2. The zero-order chi connectivity index (χ0) is 23.7. The zero-order valence-corrected chi connectivity index (χ0v) is 19.0. The van der Waals surface area contributed by atoms with Crippen LogP contribution in [0.2, 0.25) is 0 Å². The maximum atomic E-state index is 13.7. The molecule has 0 bridgehead atoms. The number of carbonyl (C=O) groups is 2. The summed E-state index contributed by atoms with van der Waals surface area (Å²) in [6.07, 6.45) is 0.880. The van der Waals surface area contributed by atoms with Gasteiger partial charge in [-0.1, -0.05) is 67.6 Å². The molecule has 0 fully saturated rings. The van der Waals surface area contributed by atoms with Crippen LogP contribution >= 0.6 is 0 Å². The lowest BCUT2D eigenvalue weighted by molar-refractivity contribution is -0.120. The van der Waals surface area contributed by atoms with Crippen LogP contribution in [0.15, 0.2) is 96.7 Å². The van der Waals surface area contributed by atoms with Crippen molar-refractivity contribution in [1.29, 1.82) is 0 Å². The summed E-state index contributed by atoms with van der Waals surface area (Å²) in [7, 11) is 1.59. The van der Waals surface area contributed by atoms with Crippen molar-refractivity contribution in [3.05, 3.63) is 108 Å². The number of rotatable bonds is 6. The average molecular weight is 449 g/mol. The van der Waals surface area contributed by atoms with Gasteiger partial charge in [0.2, 0.25) is 0 Å². The first-order valence-electron chi connectivity index (χ1n) is 11.2. The fourth-order valence-electron chi connectivity index (χ4n) is 4.26. The third-order valence-electron chi connectivity index (χ3n) is 6.11. The van der Waals surface area contributed by atoms with Crippen LogP contribution in [0.5, 0.6) is 5.75 Å². The Morgan fingerprint density at radius 2 is 1.50 bits per heavy atom. The molecule has 4 aromatic rings. The minimum absolute atomic E-state index is 0.256. The Morgan fingerprint density at radius 3 is 2.21 bits per heavy atom. The molecular weight excluding hydrogens is 424 g/mol. The number of imide groups is 1. The van der Waals surface area contributed by atoms with E-state index < -0.39 is 0 Å². The highest BCUT2D eigenvalue weighted by molar-refractivity contribution is 6.46. The van der Waals surface area contributed by atoms with Crippen LogP contribution in [0, 0.1) is 0 Å². The highest BCUT2D eigenvalue weighted by atomic mass is 16.5. The molecule has 2 amide bonds. The minimum Gasteiger partial charge on any atom is -0.497 e. The van der Waals surface area contributed by atoms with Crippen molar-refractivity contribution in [1.82, 2.24) is 0 Å². The van der Waals surface area contributed by atoms with Gasteiger partial charge in [0.05, 0.1) is 18.4 Å². The van der Waals surface area contributed by atoms with Crippen molar-refractivity contribution in [2.75, 3.05) is 17.3 Å². The van der Waals surface area contributed by atoms with E-state index in [1.807, 2.05) is 66.7 Å². The fraction of sp³-hybridized carbons (Fsp3) is 0.103. The second-order valence-corrected chi connectivity index (χ2v) is 8.10. The second-order valence-electron chi connectivity index (χ2n) is 8.10. The lowest BCUT2D eigenvalue weighted by atomic mass is 10.0. The standard InChI is InChI=1S/C29H24N2O3/c1-3-19-11-15-22(16-12-19)31-28(32)26(21-13-17-23(34-2)18-14-21)27(29(31)33)30-25-10-6-8-20-7-4-5-9-24(20)25/h4-18,30H,3H2,1-2H3. The number of methoxy groups -OCH3 is 1. The van der Waals surface area contributed by atoms with Crippen molar-refractivity contribution < 1.29 is 14.3 Å². The largest absolute Gasteiger partial charge is 0.497 e. The quantitative estimate of drug-likeness (QED) is 0.378. The molecule has 1 aliphatic rings. The average Bonchev–Trinajstić information content (AvgIpc) is 3.13. The SMILES string of the molecule is CCc1ccc(N2C(=O)C(Nc3cccc4ccccc34)=C(c3ccc(OC)cc3)C2=O)cc1. The van der Waals surface area contributed by atoms with E-state index in [2.05, 4.69) is 12.2 Å². The van der Waals surface area contributed by atoms with Gasteiger partial charge in [-0.15, -0.1) is 0 Å². The van der Waals surface area contributed by atoms with Crippen molar-refractivity contribution in [2.24, 2.45) is 0 Å². The molecule has 1 heterocycles. The lowest BCUT2D eigenvalue weighted by Gasteiger charge is -2.16. The molecule has 168 valence electrons. The monoisotopic (exact) mass is 448 g/mol. The van der Waals surface area contributed by atoms with Crippen LogP contribution in [-0.2, 0) is 16.0 Å². The number of hydrogen-bond donors (Lipinski definition) is 1. The molecule has 4 aromatic carbocycles. The highest BCUT2D eigenvalue weighted by Gasteiger charge is 2.40. The lowest BCUT2D eigenvalue weighted by Crippen LogP contribution is -2.32.